The zero-order valence-electron chi connectivity index (χ0n) is 14.7. The third-order valence-corrected chi connectivity index (χ3v) is 5.01. The van der Waals surface area contributed by atoms with Gasteiger partial charge >= 0.3 is 0 Å². The summed E-state index contributed by atoms with van der Waals surface area (Å²) in [7, 11) is 1.71. The van der Waals surface area contributed by atoms with E-state index in [1.165, 1.54) is 18.5 Å². The van der Waals surface area contributed by atoms with Gasteiger partial charge < -0.3 is 14.2 Å². The van der Waals surface area contributed by atoms with Crippen molar-refractivity contribution in [2.45, 2.75) is 31.7 Å². The van der Waals surface area contributed by atoms with E-state index in [2.05, 4.69) is 27.2 Å². The molecular formula is C19H25N3O3. The van der Waals surface area contributed by atoms with E-state index in [4.69, 9.17) is 14.2 Å². The predicted molar refractivity (Wildman–Crippen MR) is 94.4 cm³/mol. The van der Waals surface area contributed by atoms with Crippen molar-refractivity contribution in [3.63, 3.8) is 0 Å². The van der Waals surface area contributed by atoms with Crippen molar-refractivity contribution < 1.29 is 14.2 Å². The fraction of sp³-hybridized carbons (Fsp3) is 0.526. The molecule has 1 saturated heterocycles. The minimum absolute atomic E-state index is 0.516. The molecule has 0 unspecified atom stereocenters. The largest absolute Gasteiger partial charge is 0.496 e. The van der Waals surface area contributed by atoms with E-state index in [9.17, 15) is 0 Å². The number of H-pyrrole nitrogens is 1. The van der Waals surface area contributed by atoms with E-state index in [0.29, 0.717) is 19.1 Å². The van der Waals surface area contributed by atoms with Crippen LogP contribution in [0, 0.1) is 0 Å². The highest BCUT2D eigenvalue weighted by molar-refractivity contribution is 5.51. The van der Waals surface area contributed by atoms with E-state index in [1.54, 1.807) is 7.11 Å². The third-order valence-electron chi connectivity index (χ3n) is 5.01. The third kappa shape index (κ3) is 3.58. The Balaban J connectivity index is 1.52. The number of rotatable bonds is 4. The Bertz CT molecular complexity index is 702. The Labute approximate surface area is 148 Å². The first-order valence-electron chi connectivity index (χ1n) is 9.01. The second-order valence-corrected chi connectivity index (χ2v) is 6.75. The number of aromatic amines is 1. The van der Waals surface area contributed by atoms with Gasteiger partial charge in [-0.05, 0) is 31.5 Å². The number of fused-ring (bicyclic) bond motifs is 1. The summed E-state index contributed by atoms with van der Waals surface area (Å²) in [6.45, 7) is 4.37. The maximum absolute atomic E-state index is 5.85. The van der Waals surface area contributed by atoms with Crippen LogP contribution < -0.4 is 14.2 Å². The van der Waals surface area contributed by atoms with E-state index >= 15 is 0 Å². The number of hydrogen-bond donors (Lipinski definition) is 1. The first-order chi connectivity index (χ1) is 12.3. The van der Waals surface area contributed by atoms with E-state index in [0.717, 1.165) is 48.9 Å². The van der Waals surface area contributed by atoms with Crippen molar-refractivity contribution in [1.29, 1.82) is 0 Å². The van der Waals surface area contributed by atoms with Crippen LogP contribution in [0.3, 0.4) is 0 Å². The highest BCUT2D eigenvalue weighted by atomic mass is 16.5. The van der Waals surface area contributed by atoms with E-state index in [1.807, 2.05) is 12.3 Å². The zero-order valence-corrected chi connectivity index (χ0v) is 14.7. The molecule has 0 aliphatic carbocycles. The smallest absolute Gasteiger partial charge is 0.164 e. The van der Waals surface area contributed by atoms with Gasteiger partial charge in [0.2, 0.25) is 0 Å². The van der Waals surface area contributed by atoms with E-state index < -0.39 is 0 Å². The quantitative estimate of drug-likeness (QED) is 0.925. The summed E-state index contributed by atoms with van der Waals surface area (Å²) in [5, 5.41) is 7.22. The summed E-state index contributed by atoms with van der Waals surface area (Å²) in [4.78, 5) is 2.48. The van der Waals surface area contributed by atoms with Gasteiger partial charge in [-0.1, -0.05) is 0 Å². The second-order valence-electron chi connectivity index (χ2n) is 6.75. The first kappa shape index (κ1) is 16.3. The molecule has 0 spiro atoms. The van der Waals surface area contributed by atoms with Gasteiger partial charge in [-0.3, -0.25) is 10.00 Å². The Kier molecular flexibility index (Phi) is 4.78. The van der Waals surface area contributed by atoms with Crippen molar-refractivity contribution in [3.8, 4) is 17.2 Å². The minimum atomic E-state index is 0.516. The Morgan fingerprint density at radius 2 is 2.08 bits per heavy atom. The summed E-state index contributed by atoms with van der Waals surface area (Å²) in [6, 6.07) is 6.13. The second kappa shape index (κ2) is 7.35. The molecule has 2 aliphatic heterocycles. The molecule has 6 nitrogen and oxygen atoms in total. The van der Waals surface area contributed by atoms with Crippen molar-refractivity contribution in [2.75, 3.05) is 33.4 Å². The van der Waals surface area contributed by atoms with Crippen LogP contribution in [-0.4, -0.2) is 48.5 Å². The Morgan fingerprint density at radius 3 is 2.84 bits per heavy atom. The summed E-state index contributed by atoms with van der Waals surface area (Å²) in [6.07, 6.45) is 5.14. The number of nitrogens with one attached hydrogen (secondary N) is 1. The molecule has 2 aromatic rings. The normalized spacial score (nSPS) is 20.9. The predicted octanol–water partition coefficient (Wildman–Crippen LogP) is 2.96. The number of ether oxygens (including phenoxy) is 3. The van der Waals surface area contributed by atoms with Gasteiger partial charge in [0.25, 0.3) is 0 Å². The van der Waals surface area contributed by atoms with Gasteiger partial charge in [0.15, 0.2) is 11.5 Å². The molecule has 1 aromatic carbocycles. The summed E-state index contributed by atoms with van der Waals surface area (Å²) in [5.74, 6) is 3.00. The van der Waals surface area contributed by atoms with Gasteiger partial charge in [0.1, 0.15) is 5.75 Å². The van der Waals surface area contributed by atoms with Crippen LogP contribution in [0.4, 0.5) is 0 Å². The molecule has 0 bridgehead atoms. The minimum Gasteiger partial charge on any atom is -0.496 e. The molecule has 6 heteroatoms. The molecule has 134 valence electrons. The summed E-state index contributed by atoms with van der Waals surface area (Å²) in [5.41, 5.74) is 2.38. The number of hydrogen-bond acceptors (Lipinski definition) is 5. The van der Waals surface area contributed by atoms with E-state index in [-0.39, 0.29) is 0 Å². The van der Waals surface area contributed by atoms with Crippen LogP contribution >= 0.6 is 0 Å². The molecule has 1 aromatic heterocycles. The van der Waals surface area contributed by atoms with Gasteiger partial charge in [0, 0.05) is 48.9 Å². The van der Waals surface area contributed by atoms with Crippen LogP contribution in [0.25, 0.3) is 0 Å². The monoisotopic (exact) mass is 343 g/mol. The Hall–Kier alpha value is -2.21. The average Bonchev–Trinajstić information content (AvgIpc) is 3.08. The van der Waals surface area contributed by atoms with Gasteiger partial charge in [0.05, 0.1) is 20.3 Å². The molecule has 0 amide bonds. The number of aromatic nitrogens is 2. The standard InChI is InChI=1S/C19H25N3O3/c1-23-17-11-19-18(24-8-3-9-25-19)10-15(17)13-22-7-2-4-14(12-22)16-5-6-20-21-16/h5-6,10-11,14H,2-4,7-9,12-13H2,1H3,(H,20,21)/t14-/m0/s1. The van der Waals surface area contributed by atoms with Crippen molar-refractivity contribution in [3.05, 3.63) is 35.7 Å². The SMILES string of the molecule is COc1cc2c(cc1CN1CCC[C@H](c3ccn[nH]3)C1)OCCCO2. The molecular weight excluding hydrogens is 318 g/mol. The number of methoxy groups -OCH3 is 1. The number of piperidine rings is 1. The molecule has 25 heavy (non-hydrogen) atoms. The number of nitrogens with zero attached hydrogens (tertiary/aromatic N) is 2. The fourth-order valence-electron chi connectivity index (χ4n) is 3.73. The lowest BCUT2D eigenvalue weighted by atomic mass is 9.94. The van der Waals surface area contributed by atoms with Crippen LogP contribution in [0.1, 0.15) is 36.4 Å². The lowest BCUT2D eigenvalue weighted by Crippen LogP contribution is -2.34. The molecule has 0 radical (unpaired) electrons. The molecule has 2 aliphatic rings. The summed E-state index contributed by atoms with van der Waals surface area (Å²) < 4.78 is 17.2. The first-order valence-corrected chi connectivity index (χ1v) is 9.01. The molecule has 4 rings (SSSR count). The van der Waals surface area contributed by atoms with Gasteiger partial charge in [-0.25, -0.2) is 0 Å². The zero-order chi connectivity index (χ0) is 17.1. The van der Waals surface area contributed by atoms with Crippen molar-refractivity contribution in [1.82, 2.24) is 15.1 Å². The van der Waals surface area contributed by atoms with Crippen molar-refractivity contribution >= 4 is 0 Å². The molecule has 1 N–H and O–H groups in total. The summed E-state index contributed by atoms with van der Waals surface area (Å²) >= 11 is 0. The Morgan fingerprint density at radius 1 is 1.24 bits per heavy atom. The van der Waals surface area contributed by atoms with Crippen LogP contribution in [-0.2, 0) is 6.54 Å². The molecule has 1 fully saturated rings. The molecule has 0 saturated carbocycles. The maximum atomic E-state index is 5.85. The maximum Gasteiger partial charge on any atom is 0.164 e. The fourth-order valence-corrected chi connectivity index (χ4v) is 3.73. The molecule has 3 heterocycles. The van der Waals surface area contributed by atoms with Gasteiger partial charge in [-0.15, -0.1) is 0 Å². The van der Waals surface area contributed by atoms with Crippen LogP contribution in [0.5, 0.6) is 17.2 Å². The topological polar surface area (TPSA) is 59.6 Å². The lowest BCUT2D eigenvalue weighted by molar-refractivity contribution is 0.196. The lowest BCUT2D eigenvalue weighted by Gasteiger charge is -2.32. The van der Waals surface area contributed by atoms with Crippen LogP contribution in [0.2, 0.25) is 0 Å². The average molecular weight is 343 g/mol. The number of benzene rings is 1. The highest BCUT2D eigenvalue weighted by Gasteiger charge is 2.24. The van der Waals surface area contributed by atoms with Crippen LogP contribution in [0.15, 0.2) is 24.4 Å². The number of likely N-dealkylation sites (tertiary alicyclic amines) is 1. The van der Waals surface area contributed by atoms with Gasteiger partial charge in [-0.2, -0.15) is 5.10 Å². The highest BCUT2D eigenvalue weighted by Crippen LogP contribution is 2.37. The van der Waals surface area contributed by atoms with Crippen molar-refractivity contribution in [2.24, 2.45) is 0 Å². The molecule has 1 atom stereocenters.